The van der Waals surface area contributed by atoms with Crippen molar-refractivity contribution >= 4 is 22.4 Å². The van der Waals surface area contributed by atoms with E-state index in [-0.39, 0.29) is 11.8 Å². The number of carbonyl (C=O) groups is 1. The number of aromatic nitrogens is 1. The Balaban J connectivity index is 2.37. The van der Waals surface area contributed by atoms with Gasteiger partial charge in [0.15, 0.2) is 5.13 Å². The summed E-state index contributed by atoms with van der Waals surface area (Å²) in [6.07, 6.45) is 0. The Kier molecular flexibility index (Phi) is 5.03. The maximum absolute atomic E-state index is 11.8. The molecule has 1 aromatic heterocycles. The van der Waals surface area contributed by atoms with Crippen LogP contribution in [0, 0.1) is 12.8 Å². The molecule has 1 N–H and O–H groups in total. The molecular weight excluding hydrogens is 300 g/mol. The Morgan fingerprint density at radius 3 is 2.59 bits per heavy atom. The van der Waals surface area contributed by atoms with Gasteiger partial charge in [-0.05, 0) is 19.1 Å². The van der Waals surface area contributed by atoms with Gasteiger partial charge < -0.3 is 14.8 Å². The van der Waals surface area contributed by atoms with Gasteiger partial charge in [0.1, 0.15) is 11.5 Å². The van der Waals surface area contributed by atoms with E-state index in [9.17, 15) is 4.79 Å². The Morgan fingerprint density at radius 2 is 2.00 bits per heavy atom. The summed E-state index contributed by atoms with van der Waals surface area (Å²) in [6.45, 7) is 5.67. The third-order valence-corrected chi connectivity index (χ3v) is 4.10. The average Bonchev–Trinajstić information content (AvgIpc) is 2.86. The minimum Gasteiger partial charge on any atom is -0.497 e. The first-order valence-electron chi connectivity index (χ1n) is 6.97. The van der Waals surface area contributed by atoms with Crippen molar-refractivity contribution in [2.24, 2.45) is 5.92 Å². The van der Waals surface area contributed by atoms with Gasteiger partial charge in [-0.2, -0.15) is 0 Å². The number of rotatable bonds is 5. The summed E-state index contributed by atoms with van der Waals surface area (Å²) in [5.74, 6) is 1.29. The zero-order valence-corrected chi connectivity index (χ0v) is 14.2. The van der Waals surface area contributed by atoms with Gasteiger partial charge in [-0.15, -0.1) is 11.3 Å². The summed E-state index contributed by atoms with van der Waals surface area (Å²) < 4.78 is 10.6. The van der Waals surface area contributed by atoms with Crippen LogP contribution in [0.15, 0.2) is 18.2 Å². The predicted molar refractivity (Wildman–Crippen MR) is 88.9 cm³/mol. The zero-order valence-electron chi connectivity index (χ0n) is 13.4. The van der Waals surface area contributed by atoms with Crippen LogP contribution < -0.4 is 14.8 Å². The van der Waals surface area contributed by atoms with Crippen molar-refractivity contribution in [1.82, 2.24) is 4.98 Å². The molecule has 2 rings (SSSR count). The first-order valence-corrected chi connectivity index (χ1v) is 7.78. The third-order valence-electron chi connectivity index (χ3n) is 3.21. The lowest BCUT2D eigenvalue weighted by atomic mass is 10.1. The smallest absolute Gasteiger partial charge is 0.228 e. The molecule has 0 aliphatic rings. The van der Waals surface area contributed by atoms with Crippen molar-refractivity contribution in [1.29, 1.82) is 0 Å². The quantitative estimate of drug-likeness (QED) is 0.912. The Hall–Kier alpha value is -2.08. The Labute approximate surface area is 134 Å². The van der Waals surface area contributed by atoms with E-state index >= 15 is 0 Å². The second-order valence-electron chi connectivity index (χ2n) is 5.13. The molecule has 0 atom stereocenters. The van der Waals surface area contributed by atoms with E-state index in [1.54, 1.807) is 14.2 Å². The standard InChI is InChI=1S/C16H20N2O3S/c1-9(2)15(19)18-16-17-14(10(3)22-16)12-7-6-11(20-4)8-13(12)21-5/h6-9H,1-5H3,(H,17,18,19). The topological polar surface area (TPSA) is 60.5 Å². The molecule has 0 unspecified atom stereocenters. The van der Waals surface area contributed by atoms with Crippen molar-refractivity contribution in [3.8, 4) is 22.8 Å². The molecule has 1 aromatic carbocycles. The fraction of sp³-hybridized carbons (Fsp3) is 0.375. The lowest BCUT2D eigenvalue weighted by Crippen LogP contribution is -2.17. The molecule has 0 fully saturated rings. The normalized spacial score (nSPS) is 10.6. The first kappa shape index (κ1) is 16.3. The van der Waals surface area contributed by atoms with Gasteiger partial charge >= 0.3 is 0 Å². The predicted octanol–water partition coefficient (Wildman–Crippen LogP) is 3.73. The number of anilines is 1. The van der Waals surface area contributed by atoms with Crippen molar-refractivity contribution < 1.29 is 14.3 Å². The van der Waals surface area contributed by atoms with E-state index < -0.39 is 0 Å². The molecule has 0 spiro atoms. The van der Waals surface area contributed by atoms with Crippen LogP contribution in [0.2, 0.25) is 0 Å². The van der Waals surface area contributed by atoms with Crippen LogP contribution in [0.4, 0.5) is 5.13 Å². The summed E-state index contributed by atoms with van der Waals surface area (Å²) >= 11 is 1.45. The second-order valence-corrected chi connectivity index (χ2v) is 6.34. The van der Waals surface area contributed by atoms with E-state index in [1.165, 1.54) is 11.3 Å². The summed E-state index contributed by atoms with van der Waals surface area (Å²) in [7, 11) is 3.23. The van der Waals surface area contributed by atoms with E-state index in [0.717, 1.165) is 21.9 Å². The van der Waals surface area contributed by atoms with Gasteiger partial charge in [-0.3, -0.25) is 4.79 Å². The second kappa shape index (κ2) is 6.79. The van der Waals surface area contributed by atoms with E-state index in [2.05, 4.69) is 10.3 Å². The highest BCUT2D eigenvalue weighted by molar-refractivity contribution is 7.16. The number of methoxy groups -OCH3 is 2. The number of benzene rings is 1. The summed E-state index contributed by atoms with van der Waals surface area (Å²) in [4.78, 5) is 17.3. The fourth-order valence-corrected chi connectivity index (χ4v) is 2.77. The molecule has 1 heterocycles. The summed E-state index contributed by atoms with van der Waals surface area (Å²) in [5.41, 5.74) is 1.69. The molecule has 2 aromatic rings. The van der Waals surface area contributed by atoms with Crippen LogP contribution in [-0.2, 0) is 4.79 Å². The van der Waals surface area contributed by atoms with Gasteiger partial charge in [0.05, 0.1) is 19.9 Å². The SMILES string of the molecule is COc1ccc(-c2nc(NC(=O)C(C)C)sc2C)c(OC)c1. The number of nitrogens with one attached hydrogen (secondary N) is 1. The van der Waals surface area contributed by atoms with Crippen molar-refractivity contribution in [3.05, 3.63) is 23.1 Å². The monoisotopic (exact) mass is 320 g/mol. The third kappa shape index (κ3) is 3.39. The van der Waals surface area contributed by atoms with Gasteiger partial charge in [0.2, 0.25) is 5.91 Å². The zero-order chi connectivity index (χ0) is 16.3. The molecule has 0 aliphatic heterocycles. The van der Waals surface area contributed by atoms with Crippen LogP contribution in [0.3, 0.4) is 0 Å². The van der Waals surface area contributed by atoms with E-state index in [0.29, 0.717) is 10.9 Å². The minimum absolute atomic E-state index is 0.0398. The fourth-order valence-electron chi connectivity index (χ4n) is 1.94. The largest absolute Gasteiger partial charge is 0.497 e. The number of amides is 1. The lowest BCUT2D eigenvalue weighted by molar-refractivity contribution is -0.118. The van der Waals surface area contributed by atoms with Crippen molar-refractivity contribution in [2.45, 2.75) is 20.8 Å². The van der Waals surface area contributed by atoms with Gasteiger partial charge in [-0.25, -0.2) is 4.98 Å². The number of hydrogen-bond donors (Lipinski definition) is 1. The maximum Gasteiger partial charge on any atom is 0.228 e. The van der Waals surface area contributed by atoms with Crippen LogP contribution in [0.1, 0.15) is 18.7 Å². The number of thiazole rings is 1. The van der Waals surface area contributed by atoms with E-state index in [4.69, 9.17) is 9.47 Å². The molecule has 0 radical (unpaired) electrons. The lowest BCUT2D eigenvalue weighted by Gasteiger charge is -2.09. The first-order chi connectivity index (χ1) is 10.5. The number of nitrogens with zero attached hydrogens (tertiary/aromatic N) is 1. The average molecular weight is 320 g/mol. The van der Waals surface area contributed by atoms with Crippen LogP contribution >= 0.6 is 11.3 Å². The molecule has 118 valence electrons. The molecule has 0 saturated carbocycles. The minimum atomic E-state index is -0.0804. The molecule has 0 aliphatic carbocycles. The Bertz CT molecular complexity index is 680. The highest BCUT2D eigenvalue weighted by Crippen LogP contribution is 2.37. The number of hydrogen-bond acceptors (Lipinski definition) is 5. The van der Waals surface area contributed by atoms with Gasteiger partial charge in [-0.1, -0.05) is 13.8 Å². The van der Waals surface area contributed by atoms with Crippen LogP contribution in [0.5, 0.6) is 11.5 Å². The molecular formula is C16H20N2O3S. The van der Waals surface area contributed by atoms with E-state index in [1.807, 2.05) is 39.0 Å². The Morgan fingerprint density at radius 1 is 1.27 bits per heavy atom. The van der Waals surface area contributed by atoms with Gasteiger partial charge in [0.25, 0.3) is 0 Å². The molecule has 6 heteroatoms. The highest BCUT2D eigenvalue weighted by Gasteiger charge is 2.17. The number of aryl methyl sites for hydroxylation is 1. The van der Waals surface area contributed by atoms with Gasteiger partial charge in [0, 0.05) is 22.4 Å². The summed E-state index contributed by atoms with van der Waals surface area (Å²) in [5, 5.41) is 3.44. The molecule has 0 bridgehead atoms. The number of carbonyl (C=O) groups excluding carboxylic acids is 1. The van der Waals surface area contributed by atoms with Crippen molar-refractivity contribution in [2.75, 3.05) is 19.5 Å². The number of ether oxygens (including phenoxy) is 2. The summed E-state index contributed by atoms with van der Waals surface area (Å²) in [6, 6.07) is 5.59. The van der Waals surface area contributed by atoms with Crippen LogP contribution in [-0.4, -0.2) is 25.1 Å². The molecule has 0 saturated heterocycles. The highest BCUT2D eigenvalue weighted by atomic mass is 32.1. The van der Waals surface area contributed by atoms with Crippen molar-refractivity contribution in [3.63, 3.8) is 0 Å². The molecule has 1 amide bonds. The molecule has 5 nitrogen and oxygen atoms in total. The maximum atomic E-state index is 11.8. The van der Waals surface area contributed by atoms with Crippen LogP contribution in [0.25, 0.3) is 11.3 Å². The molecule has 22 heavy (non-hydrogen) atoms.